The zero-order chi connectivity index (χ0) is 21.4. The van der Waals surface area contributed by atoms with Crippen LogP contribution < -0.4 is 5.32 Å². The van der Waals surface area contributed by atoms with E-state index in [1.807, 2.05) is 36.4 Å². The summed E-state index contributed by atoms with van der Waals surface area (Å²) >= 11 is 0. The fourth-order valence-corrected chi connectivity index (χ4v) is 4.34. The molecule has 1 saturated carbocycles. The number of aromatic nitrogens is 2. The van der Waals surface area contributed by atoms with Gasteiger partial charge in [0.2, 0.25) is 0 Å². The quantitative estimate of drug-likeness (QED) is 0.611. The molecule has 7 heteroatoms. The second-order valence-corrected chi connectivity index (χ2v) is 8.07. The number of rotatable bonds is 7. The molecule has 3 aromatic rings. The number of nitrogens with one attached hydrogen (secondary N) is 1. The third kappa shape index (κ3) is 3.79. The van der Waals surface area contributed by atoms with E-state index in [1.54, 1.807) is 17.0 Å². The molecule has 2 aromatic carbocycles. The maximum absolute atomic E-state index is 12.5. The Labute approximate surface area is 179 Å². The Morgan fingerprint density at radius 3 is 2.35 bits per heavy atom. The molecule has 2 aliphatic carbocycles. The average Bonchev–Trinajstić information content (AvgIpc) is 3.43. The van der Waals surface area contributed by atoms with Gasteiger partial charge in [-0.3, -0.25) is 0 Å². The van der Waals surface area contributed by atoms with Crippen molar-refractivity contribution in [3.8, 4) is 11.1 Å². The SMILES string of the molecule is O=C(NC(Cn1ccnc1C1CC1)C(=O)O)OCC1c2ccccc2-c2ccccc21. The average molecular weight is 417 g/mol. The van der Waals surface area contributed by atoms with Crippen LogP contribution in [0.5, 0.6) is 0 Å². The third-order valence-corrected chi connectivity index (χ3v) is 6.00. The first kappa shape index (κ1) is 19.4. The fraction of sp³-hybridized carbons (Fsp3) is 0.292. The zero-order valence-electron chi connectivity index (χ0n) is 16.9. The van der Waals surface area contributed by atoms with E-state index in [4.69, 9.17) is 4.74 Å². The monoisotopic (exact) mass is 417 g/mol. The number of hydrogen-bond donors (Lipinski definition) is 2. The van der Waals surface area contributed by atoms with Gasteiger partial charge in [-0.05, 0) is 35.1 Å². The van der Waals surface area contributed by atoms with E-state index in [0.717, 1.165) is 40.9 Å². The molecule has 1 aromatic heterocycles. The molecule has 0 saturated heterocycles. The van der Waals surface area contributed by atoms with Gasteiger partial charge in [0, 0.05) is 24.2 Å². The molecule has 2 aliphatic rings. The molecular weight excluding hydrogens is 394 g/mol. The van der Waals surface area contributed by atoms with Crippen molar-refractivity contribution in [3.05, 3.63) is 77.9 Å². The van der Waals surface area contributed by atoms with Crippen LogP contribution in [0, 0.1) is 0 Å². The number of hydrogen-bond acceptors (Lipinski definition) is 4. The summed E-state index contributed by atoms with van der Waals surface area (Å²) in [6.07, 6.45) is 4.81. The zero-order valence-corrected chi connectivity index (χ0v) is 16.9. The minimum atomic E-state index is -1.11. The Morgan fingerprint density at radius 2 is 1.74 bits per heavy atom. The first-order valence-electron chi connectivity index (χ1n) is 10.5. The lowest BCUT2D eigenvalue weighted by atomic mass is 9.98. The second kappa shape index (κ2) is 7.91. The van der Waals surface area contributed by atoms with Crippen molar-refractivity contribution < 1.29 is 19.4 Å². The standard InChI is InChI=1S/C24H23N3O4/c28-23(29)21(13-27-12-11-25-22(27)15-9-10-15)26-24(30)31-14-20-18-7-3-1-5-16(18)17-6-2-4-8-19(17)20/h1-8,11-12,15,20-21H,9-10,13-14H2,(H,26,30)(H,28,29). The minimum Gasteiger partial charge on any atom is -0.480 e. The van der Waals surface area contributed by atoms with Gasteiger partial charge < -0.3 is 19.7 Å². The predicted molar refractivity (Wildman–Crippen MR) is 114 cm³/mol. The summed E-state index contributed by atoms with van der Waals surface area (Å²) in [7, 11) is 0. The van der Waals surface area contributed by atoms with Gasteiger partial charge in [-0.1, -0.05) is 48.5 Å². The number of benzene rings is 2. The summed E-state index contributed by atoms with van der Waals surface area (Å²) in [4.78, 5) is 28.5. The highest BCUT2D eigenvalue weighted by Gasteiger charge is 2.31. The van der Waals surface area contributed by atoms with E-state index < -0.39 is 18.1 Å². The maximum atomic E-state index is 12.5. The van der Waals surface area contributed by atoms with Gasteiger partial charge in [-0.15, -0.1) is 0 Å². The minimum absolute atomic E-state index is 0.0726. The van der Waals surface area contributed by atoms with Crippen LogP contribution in [0.2, 0.25) is 0 Å². The Bertz CT molecular complexity index is 1090. The first-order valence-corrected chi connectivity index (χ1v) is 10.5. The van der Waals surface area contributed by atoms with Crippen molar-refractivity contribution in [1.82, 2.24) is 14.9 Å². The number of aliphatic carboxylic acids is 1. The molecule has 0 bridgehead atoms. The Morgan fingerprint density at radius 1 is 1.10 bits per heavy atom. The number of carboxylic acids is 1. The molecule has 2 N–H and O–H groups in total. The van der Waals surface area contributed by atoms with Gasteiger partial charge in [-0.25, -0.2) is 14.6 Å². The summed E-state index contributed by atoms with van der Waals surface area (Å²) < 4.78 is 7.30. The highest BCUT2D eigenvalue weighted by molar-refractivity contribution is 5.81. The summed E-state index contributed by atoms with van der Waals surface area (Å²) in [5, 5.41) is 12.1. The normalized spacial score (nSPS) is 15.7. The molecule has 1 fully saturated rings. The molecule has 0 aliphatic heterocycles. The smallest absolute Gasteiger partial charge is 0.407 e. The highest BCUT2D eigenvalue weighted by atomic mass is 16.5. The summed E-state index contributed by atoms with van der Waals surface area (Å²) in [5.74, 6) is 0.0833. The van der Waals surface area contributed by atoms with Crippen LogP contribution in [-0.2, 0) is 16.1 Å². The number of fused-ring (bicyclic) bond motifs is 3. The molecule has 7 nitrogen and oxygen atoms in total. The van der Waals surface area contributed by atoms with E-state index in [0.29, 0.717) is 5.92 Å². The Balaban J connectivity index is 1.26. The molecule has 1 atom stereocenters. The van der Waals surface area contributed by atoms with Gasteiger partial charge in [0.25, 0.3) is 0 Å². The van der Waals surface area contributed by atoms with Gasteiger partial charge in [0.05, 0.1) is 6.54 Å². The van der Waals surface area contributed by atoms with Crippen LogP contribution in [0.15, 0.2) is 60.9 Å². The largest absolute Gasteiger partial charge is 0.480 e. The highest BCUT2D eigenvalue weighted by Crippen LogP contribution is 2.44. The number of carbonyl (C=O) groups is 2. The van der Waals surface area contributed by atoms with Gasteiger partial charge >= 0.3 is 12.1 Å². The molecule has 158 valence electrons. The van der Waals surface area contributed by atoms with Crippen LogP contribution in [0.3, 0.4) is 0 Å². The number of imidazole rings is 1. The van der Waals surface area contributed by atoms with Crippen LogP contribution in [0.1, 0.15) is 41.6 Å². The number of ether oxygens (including phenoxy) is 1. The van der Waals surface area contributed by atoms with E-state index in [1.165, 1.54) is 0 Å². The number of alkyl carbamates (subject to hydrolysis) is 1. The van der Waals surface area contributed by atoms with E-state index in [-0.39, 0.29) is 19.1 Å². The lowest BCUT2D eigenvalue weighted by Gasteiger charge is -2.18. The number of nitrogens with zero attached hydrogens (tertiary/aromatic N) is 2. The molecule has 5 rings (SSSR count). The summed E-state index contributed by atoms with van der Waals surface area (Å²) in [6.45, 7) is 0.260. The van der Waals surface area contributed by atoms with Crippen LogP contribution >= 0.6 is 0 Å². The molecule has 1 unspecified atom stereocenters. The molecular formula is C24H23N3O4. The van der Waals surface area contributed by atoms with E-state index in [2.05, 4.69) is 22.4 Å². The lowest BCUT2D eigenvalue weighted by Crippen LogP contribution is -2.44. The Kier molecular flexibility index (Phi) is 4.94. The maximum Gasteiger partial charge on any atom is 0.407 e. The van der Waals surface area contributed by atoms with Crippen molar-refractivity contribution >= 4 is 12.1 Å². The van der Waals surface area contributed by atoms with Crippen molar-refractivity contribution in [2.45, 2.75) is 37.3 Å². The van der Waals surface area contributed by atoms with E-state index >= 15 is 0 Å². The first-order chi connectivity index (χ1) is 15.1. The summed E-state index contributed by atoms with van der Waals surface area (Å²) in [6, 6.07) is 15.1. The van der Waals surface area contributed by atoms with Crippen LogP contribution in [-0.4, -0.2) is 39.4 Å². The van der Waals surface area contributed by atoms with Gasteiger partial charge in [0.1, 0.15) is 18.5 Å². The molecule has 31 heavy (non-hydrogen) atoms. The van der Waals surface area contributed by atoms with E-state index in [9.17, 15) is 14.7 Å². The van der Waals surface area contributed by atoms with Crippen LogP contribution in [0.4, 0.5) is 4.79 Å². The number of amides is 1. The topological polar surface area (TPSA) is 93.5 Å². The third-order valence-electron chi connectivity index (χ3n) is 6.00. The summed E-state index contributed by atoms with van der Waals surface area (Å²) in [5.41, 5.74) is 4.50. The number of carbonyl (C=O) groups excluding carboxylic acids is 1. The van der Waals surface area contributed by atoms with Crippen LogP contribution in [0.25, 0.3) is 11.1 Å². The molecule has 0 radical (unpaired) electrons. The van der Waals surface area contributed by atoms with Crippen molar-refractivity contribution in [3.63, 3.8) is 0 Å². The van der Waals surface area contributed by atoms with Crippen molar-refractivity contribution in [2.24, 2.45) is 0 Å². The molecule has 1 amide bonds. The lowest BCUT2D eigenvalue weighted by molar-refractivity contribution is -0.139. The number of carboxylic acid groups (broad SMARTS) is 1. The van der Waals surface area contributed by atoms with Gasteiger partial charge in [-0.2, -0.15) is 0 Å². The van der Waals surface area contributed by atoms with Crippen molar-refractivity contribution in [2.75, 3.05) is 6.61 Å². The molecule has 0 spiro atoms. The predicted octanol–water partition coefficient (Wildman–Crippen LogP) is 3.75. The molecule has 1 heterocycles. The second-order valence-electron chi connectivity index (χ2n) is 8.07. The fourth-order valence-electron chi connectivity index (χ4n) is 4.34. The van der Waals surface area contributed by atoms with Crippen molar-refractivity contribution in [1.29, 1.82) is 0 Å². The van der Waals surface area contributed by atoms with Gasteiger partial charge in [0.15, 0.2) is 0 Å². The Hall–Kier alpha value is -3.61.